The molecule has 6 nitrogen and oxygen atoms in total. The highest BCUT2D eigenvalue weighted by molar-refractivity contribution is 7.04. The van der Waals surface area contributed by atoms with E-state index in [0.29, 0.717) is 11.4 Å². The summed E-state index contributed by atoms with van der Waals surface area (Å²) in [6.07, 6.45) is 0. The third-order valence-corrected chi connectivity index (χ3v) is 2.94. The molecule has 0 atom stereocenters. The molecular formula is C10H10N4O2S. The maximum Gasteiger partial charge on any atom is 0.272 e. The normalized spacial score (nSPS) is 10.2. The van der Waals surface area contributed by atoms with Crippen molar-refractivity contribution in [1.82, 2.24) is 9.17 Å². The van der Waals surface area contributed by atoms with Crippen LogP contribution < -0.4 is 15.1 Å². The van der Waals surface area contributed by atoms with Gasteiger partial charge in [-0.3, -0.25) is 10.2 Å². The Morgan fingerprint density at radius 2 is 2.24 bits per heavy atom. The standard InChI is InChI=1S/C10H10N4O2S/c1-16-7-5-3-2-4-6(7)14-13-8(9(11)15)10(12)17-14/h2-5,12H,1H3,(H2,11,15). The molecular weight excluding hydrogens is 240 g/mol. The minimum Gasteiger partial charge on any atom is -0.494 e. The molecule has 17 heavy (non-hydrogen) atoms. The van der Waals surface area contributed by atoms with Gasteiger partial charge in [-0.2, -0.15) is 4.07 Å². The number of primary amides is 1. The third kappa shape index (κ3) is 2.04. The van der Waals surface area contributed by atoms with E-state index >= 15 is 0 Å². The van der Waals surface area contributed by atoms with Crippen LogP contribution in [0.3, 0.4) is 0 Å². The average Bonchev–Trinajstić information content (AvgIpc) is 2.71. The van der Waals surface area contributed by atoms with E-state index in [2.05, 4.69) is 5.10 Å². The van der Waals surface area contributed by atoms with Gasteiger partial charge in [0.15, 0.2) is 10.4 Å². The van der Waals surface area contributed by atoms with Crippen molar-refractivity contribution in [2.75, 3.05) is 7.11 Å². The topological polar surface area (TPSA) is 94.0 Å². The number of nitrogens with zero attached hydrogens (tertiary/aromatic N) is 2. The Bertz CT molecular complexity index is 617. The number of hydrogen-bond donors (Lipinski definition) is 2. The average molecular weight is 250 g/mol. The highest BCUT2D eigenvalue weighted by Gasteiger charge is 2.13. The fourth-order valence-electron chi connectivity index (χ4n) is 1.34. The van der Waals surface area contributed by atoms with Crippen molar-refractivity contribution in [3.63, 3.8) is 0 Å². The second-order valence-corrected chi connectivity index (χ2v) is 4.11. The van der Waals surface area contributed by atoms with E-state index in [1.165, 1.54) is 4.07 Å². The van der Waals surface area contributed by atoms with E-state index in [4.69, 9.17) is 15.9 Å². The van der Waals surface area contributed by atoms with Crippen LogP contribution in [0.2, 0.25) is 0 Å². The molecule has 0 spiro atoms. The summed E-state index contributed by atoms with van der Waals surface area (Å²) in [6.45, 7) is 0. The van der Waals surface area contributed by atoms with E-state index in [1.807, 2.05) is 12.1 Å². The highest BCUT2D eigenvalue weighted by atomic mass is 32.1. The molecule has 0 bridgehead atoms. The van der Waals surface area contributed by atoms with Crippen LogP contribution in [-0.4, -0.2) is 22.2 Å². The van der Waals surface area contributed by atoms with Crippen molar-refractivity contribution in [2.24, 2.45) is 5.73 Å². The summed E-state index contributed by atoms with van der Waals surface area (Å²) in [5.74, 6) is -0.0952. The Morgan fingerprint density at radius 1 is 1.53 bits per heavy atom. The van der Waals surface area contributed by atoms with E-state index in [9.17, 15) is 4.79 Å². The number of para-hydroxylation sites is 2. The Balaban J connectivity index is 2.57. The first kappa shape index (κ1) is 11.3. The van der Waals surface area contributed by atoms with Crippen molar-refractivity contribution in [1.29, 1.82) is 5.41 Å². The van der Waals surface area contributed by atoms with E-state index in [-0.39, 0.29) is 10.4 Å². The molecule has 2 rings (SSSR count). The molecule has 1 aromatic heterocycles. The Kier molecular flexibility index (Phi) is 2.92. The number of aromatic nitrogens is 2. The molecule has 1 heterocycles. The number of carbonyl (C=O) groups excluding carboxylic acids is 1. The van der Waals surface area contributed by atoms with Gasteiger partial charge in [0.05, 0.1) is 7.11 Å². The van der Waals surface area contributed by atoms with Gasteiger partial charge >= 0.3 is 0 Å². The molecule has 0 aliphatic rings. The van der Waals surface area contributed by atoms with Gasteiger partial charge in [0.2, 0.25) is 0 Å². The number of amides is 1. The van der Waals surface area contributed by atoms with Gasteiger partial charge < -0.3 is 10.5 Å². The smallest absolute Gasteiger partial charge is 0.272 e. The molecule has 1 aromatic carbocycles. The van der Waals surface area contributed by atoms with Crippen LogP contribution in [0.5, 0.6) is 5.75 Å². The monoisotopic (exact) mass is 250 g/mol. The molecule has 0 saturated heterocycles. The minimum atomic E-state index is -0.708. The van der Waals surface area contributed by atoms with Crippen LogP contribution in [-0.2, 0) is 0 Å². The van der Waals surface area contributed by atoms with Crippen molar-refractivity contribution < 1.29 is 9.53 Å². The van der Waals surface area contributed by atoms with Crippen molar-refractivity contribution in [3.05, 3.63) is 34.6 Å². The Morgan fingerprint density at radius 3 is 2.82 bits per heavy atom. The largest absolute Gasteiger partial charge is 0.494 e. The van der Waals surface area contributed by atoms with Crippen LogP contribution in [0.1, 0.15) is 10.5 Å². The first-order valence-corrected chi connectivity index (χ1v) is 5.49. The van der Waals surface area contributed by atoms with Gasteiger partial charge in [-0.05, 0) is 23.7 Å². The second-order valence-electron chi connectivity index (χ2n) is 3.18. The third-order valence-electron chi connectivity index (χ3n) is 2.11. The summed E-state index contributed by atoms with van der Waals surface area (Å²) >= 11 is 1.02. The minimum absolute atomic E-state index is 0.0309. The highest BCUT2D eigenvalue weighted by Crippen LogP contribution is 2.21. The number of methoxy groups -OCH3 is 1. The van der Waals surface area contributed by atoms with Crippen molar-refractivity contribution in [2.45, 2.75) is 0 Å². The molecule has 0 unspecified atom stereocenters. The van der Waals surface area contributed by atoms with Crippen LogP contribution in [0.4, 0.5) is 0 Å². The summed E-state index contributed by atoms with van der Waals surface area (Å²) in [5.41, 5.74) is 5.74. The number of nitrogens with two attached hydrogens (primary N) is 1. The molecule has 0 aliphatic carbocycles. The second kappa shape index (κ2) is 4.38. The fourth-order valence-corrected chi connectivity index (χ4v) is 2.11. The van der Waals surface area contributed by atoms with Gasteiger partial charge in [0.25, 0.3) is 5.91 Å². The predicted octanol–water partition coefficient (Wildman–Crippen LogP) is 0.521. The number of ether oxygens (including phenoxy) is 1. The zero-order chi connectivity index (χ0) is 12.4. The van der Waals surface area contributed by atoms with E-state index in [0.717, 1.165) is 11.5 Å². The quantitative estimate of drug-likeness (QED) is 0.831. The SMILES string of the molecule is COc1ccccc1-n1nc(C(N)=O)c(=N)s1. The molecule has 3 N–H and O–H groups in total. The number of rotatable bonds is 3. The summed E-state index contributed by atoms with van der Waals surface area (Å²) in [5, 5.41) is 11.6. The maximum absolute atomic E-state index is 11.0. The Labute approximate surface area is 101 Å². The van der Waals surface area contributed by atoms with Crippen molar-refractivity contribution in [3.8, 4) is 11.4 Å². The summed E-state index contributed by atoms with van der Waals surface area (Å²) < 4.78 is 6.65. The number of benzene rings is 1. The zero-order valence-corrected chi connectivity index (χ0v) is 9.82. The lowest BCUT2D eigenvalue weighted by atomic mass is 10.3. The first-order valence-electron chi connectivity index (χ1n) is 4.72. The van der Waals surface area contributed by atoms with E-state index in [1.54, 1.807) is 19.2 Å². The lowest BCUT2D eigenvalue weighted by Gasteiger charge is -2.05. The predicted molar refractivity (Wildman–Crippen MR) is 62.4 cm³/mol. The zero-order valence-electron chi connectivity index (χ0n) is 9.01. The lowest BCUT2D eigenvalue weighted by molar-refractivity contribution is 0.0994. The van der Waals surface area contributed by atoms with Crippen LogP contribution in [0.15, 0.2) is 24.3 Å². The molecule has 0 fully saturated rings. The number of carbonyl (C=O) groups is 1. The number of hydrogen-bond acceptors (Lipinski definition) is 5. The van der Waals surface area contributed by atoms with Gasteiger partial charge in [-0.1, -0.05) is 12.1 Å². The molecule has 0 saturated carbocycles. The van der Waals surface area contributed by atoms with Gasteiger partial charge in [0, 0.05) is 0 Å². The lowest BCUT2D eigenvalue weighted by Crippen LogP contribution is -2.19. The summed E-state index contributed by atoms with van der Waals surface area (Å²) in [4.78, 5) is 11.0. The maximum atomic E-state index is 11.0. The molecule has 88 valence electrons. The Hall–Kier alpha value is -2.15. The van der Waals surface area contributed by atoms with Gasteiger partial charge in [0.1, 0.15) is 11.4 Å². The van der Waals surface area contributed by atoms with Crippen molar-refractivity contribution >= 4 is 17.4 Å². The molecule has 0 aliphatic heterocycles. The fraction of sp³-hybridized carbons (Fsp3) is 0.100. The van der Waals surface area contributed by atoms with Gasteiger partial charge in [-0.15, -0.1) is 5.10 Å². The van der Waals surface area contributed by atoms with Crippen LogP contribution in [0, 0.1) is 5.41 Å². The first-order chi connectivity index (χ1) is 8.13. The summed E-state index contributed by atoms with van der Waals surface area (Å²) in [7, 11) is 1.55. The van der Waals surface area contributed by atoms with E-state index < -0.39 is 5.91 Å². The van der Waals surface area contributed by atoms with Crippen LogP contribution >= 0.6 is 11.5 Å². The molecule has 7 heteroatoms. The number of nitrogens with one attached hydrogen (secondary N) is 1. The molecule has 2 aromatic rings. The van der Waals surface area contributed by atoms with Crippen LogP contribution in [0.25, 0.3) is 5.69 Å². The van der Waals surface area contributed by atoms with Gasteiger partial charge in [-0.25, -0.2) is 0 Å². The molecule has 1 amide bonds. The summed E-state index contributed by atoms with van der Waals surface area (Å²) in [6, 6.07) is 7.21. The molecule has 0 radical (unpaired) electrons.